The van der Waals surface area contributed by atoms with Gasteiger partial charge in [0.05, 0.1) is 12.4 Å². The van der Waals surface area contributed by atoms with Crippen LogP contribution in [0.4, 0.5) is 0 Å². The van der Waals surface area contributed by atoms with Crippen LogP contribution in [0.3, 0.4) is 0 Å². The Labute approximate surface area is 124 Å². The summed E-state index contributed by atoms with van der Waals surface area (Å²) in [5.74, 6) is 0.874. The molecule has 1 aliphatic carbocycles. The highest BCUT2D eigenvalue weighted by atomic mass is 32.2. The second-order valence-electron chi connectivity index (χ2n) is 5.46. The van der Waals surface area contributed by atoms with E-state index < -0.39 is 10.8 Å². The highest BCUT2D eigenvalue weighted by molar-refractivity contribution is 7.86. The van der Waals surface area contributed by atoms with Gasteiger partial charge in [-0.2, -0.15) is 0 Å². The minimum Gasteiger partial charge on any atom is -0.497 e. The van der Waals surface area contributed by atoms with Gasteiger partial charge >= 0.3 is 0 Å². The summed E-state index contributed by atoms with van der Waals surface area (Å²) in [6, 6.07) is 6.40. The molecule has 0 radical (unpaired) electrons. The topological polar surface area (TPSA) is 38.3 Å². The Morgan fingerprint density at radius 3 is 2.85 bits per heavy atom. The maximum absolute atomic E-state index is 12.7. The zero-order chi connectivity index (χ0) is 14.7. The quantitative estimate of drug-likeness (QED) is 0.908. The number of ether oxygens (including phenoxy) is 1. The summed E-state index contributed by atoms with van der Waals surface area (Å²) < 4.78 is 18.0. The fourth-order valence-corrected chi connectivity index (χ4v) is 4.76. The van der Waals surface area contributed by atoms with Crippen LogP contribution in [0.2, 0.25) is 0 Å². The number of benzene rings is 1. The molecule has 0 spiro atoms. The van der Waals surface area contributed by atoms with Crippen molar-refractivity contribution in [3.63, 3.8) is 0 Å². The molecule has 3 nitrogen and oxygen atoms in total. The second kappa shape index (κ2) is 6.72. The van der Waals surface area contributed by atoms with E-state index in [9.17, 15) is 4.21 Å². The monoisotopic (exact) mass is 295 g/mol. The van der Waals surface area contributed by atoms with Crippen LogP contribution in [-0.2, 0) is 17.2 Å². The van der Waals surface area contributed by atoms with Gasteiger partial charge in [0.15, 0.2) is 0 Å². The fourth-order valence-electron chi connectivity index (χ4n) is 2.94. The molecule has 4 atom stereocenters. The van der Waals surface area contributed by atoms with Crippen LogP contribution < -0.4 is 10.1 Å². The maximum atomic E-state index is 12.7. The van der Waals surface area contributed by atoms with E-state index in [1.807, 2.05) is 13.1 Å². The lowest BCUT2D eigenvalue weighted by Crippen LogP contribution is -2.39. The van der Waals surface area contributed by atoms with E-state index in [2.05, 4.69) is 31.3 Å². The van der Waals surface area contributed by atoms with Crippen molar-refractivity contribution in [2.45, 2.75) is 49.7 Å². The Balaban J connectivity index is 2.33. The van der Waals surface area contributed by atoms with E-state index in [4.69, 9.17) is 4.74 Å². The van der Waals surface area contributed by atoms with E-state index >= 15 is 0 Å². The number of hydrogen-bond acceptors (Lipinski definition) is 3. The largest absolute Gasteiger partial charge is 0.497 e. The van der Waals surface area contributed by atoms with Crippen molar-refractivity contribution in [3.8, 4) is 5.75 Å². The summed E-state index contributed by atoms with van der Waals surface area (Å²) in [5, 5.41) is 3.81. The number of fused-ring (bicyclic) bond motifs is 1. The highest BCUT2D eigenvalue weighted by Crippen LogP contribution is 2.36. The van der Waals surface area contributed by atoms with Crippen LogP contribution in [-0.4, -0.2) is 28.9 Å². The molecule has 4 unspecified atom stereocenters. The molecule has 1 aromatic rings. The van der Waals surface area contributed by atoms with Gasteiger partial charge < -0.3 is 10.1 Å². The van der Waals surface area contributed by atoms with E-state index in [1.54, 1.807) is 7.11 Å². The van der Waals surface area contributed by atoms with Gasteiger partial charge in [-0.15, -0.1) is 0 Å². The molecular weight excluding hydrogens is 270 g/mol. The SMILES string of the molecule is CCC(C)S(=O)C1CCc2ccc(OC)cc2C1NC. The van der Waals surface area contributed by atoms with E-state index in [0.29, 0.717) is 0 Å². The summed E-state index contributed by atoms with van der Waals surface area (Å²) in [6.07, 6.45) is 2.96. The van der Waals surface area contributed by atoms with Crippen LogP contribution >= 0.6 is 0 Å². The molecule has 0 aromatic heterocycles. The van der Waals surface area contributed by atoms with E-state index in [0.717, 1.165) is 25.0 Å². The molecule has 0 aliphatic heterocycles. The Morgan fingerprint density at radius 2 is 2.25 bits per heavy atom. The number of nitrogens with one attached hydrogen (secondary N) is 1. The van der Waals surface area contributed by atoms with Crippen molar-refractivity contribution in [2.75, 3.05) is 14.2 Å². The predicted octanol–water partition coefficient (Wildman–Crippen LogP) is 2.82. The van der Waals surface area contributed by atoms with Gasteiger partial charge in [0.25, 0.3) is 0 Å². The molecular formula is C16H25NO2S. The van der Waals surface area contributed by atoms with Crippen LogP contribution in [0.25, 0.3) is 0 Å². The van der Waals surface area contributed by atoms with Gasteiger partial charge in [-0.1, -0.05) is 19.9 Å². The lowest BCUT2D eigenvalue weighted by atomic mass is 9.87. The van der Waals surface area contributed by atoms with Gasteiger partial charge in [-0.05, 0) is 49.6 Å². The maximum Gasteiger partial charge on any atom is 0.119 e. The smallest absolute Gasteiger partial charge is 0.119 e. The lowest BCUT2D eigenvalue weighted by molar-refractivity contribution is 0.411. The summed E-state index contributed by atoms with van der Waals surface area (Å²) in [5.41, 5.74) is 2.60. The van der Waals surface area contributed by atoms with Crippen molar-refractivity contribution in [1.82, 2.24) is 5.32 Å². The Morgan fingerprint density at radius 1 is 1.50 bits per heavy atom. The molecule has 0 saturated carbocycles. The first-order valence-corrected chi connectivity index (χ1v) is 8.63. The van der Waals surface area contributed by atoms with Crippen LogP contribution in [0.15, 0.2) is 18.2 Å². The summed E-state index contributed by atoms with van der Waals surface area (Å²) in [7, 11) is 2.85. The first-order valence-electron chi connectivity index (χ1n) is 7.35. The minimum absolute atomic E-state index is 0.156. The third-order valence-corrected chi connectivity index (χ3v) is 6.57. The lowest BCUT2D eigenvalue weighted by Gasteiger charge is -2.34. The van der Waals surface area contributed by atoms with Crippen LogP contribution in [0.5, 0.6) is 5.75 Å². The zero-order valence-corrected chi connectivity index (χ0v) is 13.6. The second-order valence-corrected chi connectivity index (χ2v) is 7.52. The third-order valence-electron chi connectivity index (χ3n) is 4.34. The summed E-state index contributed by atoms with van der Waals surface area (Å²) in [6.45, 7) is 4.20. The molecule has 0 fully saturated rings. The van der Waals surface area contributed by atoms with Crippen molar-refractivity contribution < 1.29 is 8.95 Å². The number of rotatable bonds is 5. The van der Waals surface area contributed by atoms with Crippen molar-refractivity contribution in [1.29, 1.82) is 0 Å². The Bertz CT molecular complexity index is 489. The molecule has 112 valence electrons. The average molecular weight is 295 g/mol. The van der Waals surface area contributed by atoms with E-state index in [1.165, 1.54) is 11.1 Å². The number of methoxy groups -OCH3 is 1. The van der Waals surface area contributed by atoms with E-state index in [-0.39, 0.29) is 16.5 Å². The molecule has 1 aromatic carbocycles. The molecule has 4 heteroatoms. The molecule has 1 aliphatic rings. The highest BCUT2D eigenvalue weighted by Gasteiger charge is 2.34. The fraction of sp³-hybridized carbons (Fsp3) is 0.625. The van der Waals surface area contributed by atoms with Crippen LogP contribution in [0.1, 0.15) is 43.9 Å². The Kier molecular flexibility index (Phi) is 5.22. The molecule has 20 heavy (non-hydrogen) atoms. The molecule has 0 bridgehead atoms. The van der Waals surface area contributed by atoms with Crippen molar-refractivity contribution in [3.05, 3.63) is 29.3 Å². The average Bonchev–Trinajstić information content (AvgIpc) is 2.51. The Hall–Kier alpha value is -0.870. The van der Waals surface area contributed by atoms with Crippen molar-refractivity contribution >= 4 is 10.8 Å². The summed E-state index contributed by atoms with van der Waals surface area (Å²) in [4.78, 5) is 0. The third kappa shape index (κ3) is 2.91. The first-order chi connectivity index (χ1) is 9.62. The minimum atomic E-state index is -0.800. The zero-order valence-electron chi connectivity index (χ0n) is 12.8. The standard InChI is InChI=1S/C16H25NO2S/c1-5-11(2)20(18)15-9-7-12-6-8-13(19-4)10-14(12)16(15)17-3/h6,8,10-11,15-17H,5,7,9H2,1-4H3. The molecule has 0 amide bonds. The van der Waals surface area contributed by atoms with Gasteiger partial charge in [-0.25, -0.2) is 0 Å². The number of aryl methyl sites for hydroxylation is 1. The molecule has 1 N–H and O–H groups in total. The molecule has 0 saturated heterocycles. The molecule has 2 rings (SSSR count). The summed E-state index contributed by atoms with van der Waals surface area (Å²) >= 11 is 0. The first kappa shape index (κ1) is 15.5. The van der Waals surface area contributed by atoms with Gasteiger partial charge in [-0.3, -0.25) is 4.21 Å². The molecule has 0 heterocycles. The van der Waals surface area contributed by atoms with Gasteiger partial charge in [0.1, 0.15) is 5.75 Å². The predicted molar refractivity (Wildman–Crippen MR) is 84.8 cm³/mol. The normalized spacial score (nSPS) is 24.8. The van der Waals surface area contributed by atoms with Crippen molar-refractivity contribution in [2.24, 2.45) is 0 Å². The van der Waals surface area contributed by atoms with Gasteiger partial charge in [0.2, 0.25) is 0 Å². The van der Waals surface area contributed by atoms with Crippen LogP contribution in [0, 0.1) is 0 Å². The number of hydrogen-bond donors (Lipinski definition) is 1. The van der Waals surface area contributed by atoms with Gasteiger partial charge in [0, 0.05) is 22.1 Å².